The van der Waals surface area contributed by atoms with E-state index in [1.807, 2.05) is 12.1 Å². The van der Waals surface area contributed by atoms with Gasteiger partial charge in [-0.3, -0.25) is 19.4 Å². The minimum atomic E-state index is -0.426. The summed E-state index contributed by atoms with van der Waals surface area (Å²) in [5.74, 6) is -1.07. The Balaban J connectivity index is 1.83. The number of rotatable bonds is 2. The third-order valence-electron chi connectivity index (χ3n) is 4.06. The third kappa shape index (κ3) is 2.35. The molecule has 122 valence electrons. The van der Waals surface area contributed by atoms with Crippen LogP contribution in [0.4, 0.5) is 11.4 Å². The van der Waals surface area contributed by atoms with Gasteiger partial charge in [0.25, 0.3) is 11.8 Å². The maximum absolute atomic E-state index is 12.9. The first-order chi connectivity index (χ1) is 12.1. The highest BCUT2D eigenvalue weighted by Crippen LogP contribution is 2.33. The van der Waals surface area contributed by atoms with Crippen LogP contribution in [-0.2, 0) is 4.79 Å². The molecule has 25 heavy (non-hydrogen) atoms. The SMILES string of the molecule is CC(=O)Nc1ccc2c(c1)C(=O)N(c1cccc3cccnc13)C2=O. The predicted molar refractivity (Wildman–Crippen MR) is 93.6 cm³/mol. The number of anilines is 2. The summed E-state index contributed by atoms with van der Waals surface area (Å²) in [6.45, 7) is 1.38. The van der Waals surface area contributed by atoms with Crippen molar-refractivity contribution in [3.8, 4) is 0 Å². The van der Waals surface area contributed by atoms with Gasteiger partial charge in [-0.1, -0.05) is 18.2 Å². The second-order valence-corrected chi connectivity index (χ2v) is 5.74. The van der Waals surface area contributed by atoms with Gasteiger partial charge in [-0.15, -0.1) is 0 Å². The summed E-state index contributed by atoms with van der Waals surface area (Å²) in [5, 5.41) is 3.46. The molecule has 1 aromatic heterocycles. The molecule has 4 rings (SSSR count). The minimum absolute atomic E-state index is 0.244. The number of imide groups is 1. The average molecular weight is 331 g/mol. The fourth-order valence-electron chi connectivity index (χ4n) is 3.01. The van der Waals surface area contributed by atoms with Crippen LogP contribution in [-0.4, -0.2) is 22.7 Å². The molecule has 6 nitrogen and oxygen atoms in total. The van der Waals surface area contributed by atoms with E-state index in [0.717, 1.165) is 10.3 Å². The summed E-state index contributed by atoms with van der Waals surface area (Å²) in [6.07, 6.45) is 1.62. The molecular formula is C19H13N3O3. The number of nitrogens with one attached hydrogen (secondary N) is 1. The number of fused-ring (bicyclic) bond motifs is 2. The van der Waals surface area contributed by atoms with Crippen molar-refractivity contribution < 1.29 is 14.4 Å². The number of hydrogen-bond acceptors (Lipinski definition) is 4. The standard InChI is InChI=1S/C19H13N3O3/c1-11(23)21-13-7-8-14-15(10-13)19(25)22(18(14)24)16-6-2-4-12-5-3-9-20-17(12)16/h2-10H,1H3,(H,21,23). The van der Waals surface area contributed by atoms with E-state index in [1.54, 1.807) is 36.5 Å². The Morgan fingerprint density at radius 3 is 2.56 bits per heavy atom. The molecule has 1 aliphatic rings. The first kappa shape index (κ1) is 15.0. The summed E-state index contributed by atoms with van der Waals surface area (Å²) in [4.78, 5) is 42.3. The van der Waals surface area contributed by atoms with Gasteiger partial charge in [0.1, 0.15) is 0 Å². The Kier molecular flexibility index (Phi) is 3.32. The van der Waals surface area contributed by atoms with E-state index in [2.05, 4.69) is 10.3 Å². The number of nitrogens with zero attached hydrogens (tertiary/aromatic N) is 2. The normalized spacial score (nSPS) is 13.2. The lowest BCUT2D eigenvalue weighted by atomic mass is 10.1. The van der Waals surface area contributed by atoms with E-state index in [-0.39, 0.29) is 11.5 Å². The highest BCUT2D eigenvalue weighted by Gasteiger charge is 2.37. The Morgan fingerprint density at radius 1 is 1.00 bits per heavy atom. The van der Waals surface area contributed by atoms with Crippen LogP contribution >= 0.6 is 0 Å². The highest BCUT2D eigenvalue weighted by molar-refractivity contribution is 6.36. The molecule has 0 atom stereocenters. The van der Waals surface area contributed by atoms with Gasteiger partial charge in [0, 0.05) is 24.2 Å². The summed E-state index contributed by atoms with van der Waals surface area (Å²) < 4.78 is 0. The van der Waals surface area contributed by atoms with Gasteiger partial charge >= 0.3 is 0 Å². The minimum Gasteiger partial charge on any atom is -0.326 e. The summed E-state index contributed by atoms with van der Waals surface area (Å²) >= 11 is 0. The fourth-order valence-corrected chi connectivity index (χ4v) is 3.01. The van der Waals surface area contributed by atoms with Crippen LogP contribution in [0.15, 0.2) is 54.7 Å². The lowest BCUT2D eigenvalue weighted by Crippen LogP contribution is -2.29. The molecule has 0 aliphatic carbocycles. The van der Waals surface area contributed by atoms with Crippen molar-refractivity contribution >= 4 is 40.0 Å². The molecule has 0 unspecified atom stereocenters. The number of pyridine rings is 1. The van der Waals surface area contributed by atoms with Crippen molar-refractivity contribution in [1.82, 2.24) is 4.98 Å². The second kappa shape index (κ2) is 5.52. The zero-order valence-corrected chi connectivity index (χ0v) is 13.3. The van der Waals surface area contributed by atoms with Crippen molar-refractivity contribution in [2.75, 3.05) is 10.2 Å². The molecule has 2 aromatic carbocycles. The summed E-state index contributed by atoms with van der Waals surface area (Å²) in [6, 6.07) is 13.7. The van der Waals surface area contributed by atoms with E-state index in [0.29, 0.717) is 22.5 Å². The van der Waals surface area contributed by atoms with Crippen LogP contribution in [0.3, 0.4) is 0 Å². The molecule has 0 radical (unpaired) electrons. The molecular weight excluding hydrogens is 318 g/mol. The van der Waals surface area contributed by atoms with Crippen LogP contribution < -0.4 is 10.2 Å². The molecule has 0 bridgehead atoms. The van der Waals surface area contributed by atoms with E-state index in [1.165, 1.54) is 13.0 Å². The van der Waals surface area contributed by atoms with Gasteiger partial charge < -0.3 is 5.32 Å². The number of benzene rings is 2. The molecule has 1 aliphatic heterocycles. The van der Waals surface area contributed by atoms with Gasteiger partial charge in [-0.25, -0.2) is 4.90 Å². The Bertz CT molecular complexity index is 1050. The molecule has 3 amide bonds. The van der Waals surface area contributed by atoms with Gasteiger partial charge in [-0.2, -0.15) is 0 Å². The first-order valence-electron chi connectivity index (χ1n) is 7.70. The van der Waals surface area contributed by atoms with Crippen LogP contribution in [0, 0.1) is 0 Å². The molecule has 3 aromatic rings. The zero-order valence-electron chi connectivity index (χ0n) is 13.3. The number of carbonyl (C=O) groups is 3. The predicted octanol–water partition coefficient (Wildman–Crippen LogP) is 2.99. The summed E-state index contributed by atoms with van der Waals surface area (Å²) in [5.41, 5.74) is 2.09. The Labute approximate surface area is 143 Å². The monoisotopic (exact) mass is 331 g/mol. The maximum atomic E-state index is 12.9. The largest absolute Gasteiger partial charge is 0.326 e. The van der Waals surface area contributed by atoms with Crippen molar-refractivity contribution in [3.63, 3.8) is 0 Å². The number of para-hydroxylation sites is 1. The van der Waals surface area contributed by atoms with E-state index in [9.17, 15) is 14.4 Å². The Hall–Kier alpha value is -3.54. The quantitative estimate of drug-likeness (QED) is 0.732. The van der Waals surface area contributed by atoms with Crippen LogP contribution in [0.25, 0.3) is 10.9 Å². The van der Waals surface area contributed by atoms with Crippen LogP contribution in [0.2, 0.25) is 0 Å². The van der Waals surface area contributed by atoms with Crippen LogP contribution in [0.5, 0.6) is 0 Å². The topological polar surface area (TPSA) is 79.4 Å². The molecule has 0 spiro atoms. The average Bonchev–Trinajstić information content (AvgIpc) is 2.84. The fraction of sp³-hybridized carbons (Fsp3) is 0.0526. The number of carbonyl (C=O) groups excluding carboxylic acids is 3. The third-order valence-corrected chi connectivity index (χ3v) is 4.06. The number of hydrogen-bond donors (Lipinski definition) is 1. The number of amides is 3. The zero-order chi connectivity index (χ0) is 17.6. The lowest BCUT2D eigenvalue weighted by Gasteiger charge is -2.15. The van der Waals surface area contributed by atoms with Crippen LogP contribution in [0.1, 0.15) is 27.6 Å². The second-order valence-electron chi connectivity index (χ2n) is 5.74. The van der Waals surface area contributed by atoms with Gasteiger partial charge in [-0.05, 0) is 30.3 Å². The molecule has 0 saturated carbocycles. The molecule has 0 fully saturated rings. The molecule has 0 saturated heterocycles. The molecule has 2 heterocycles. The van der Waals surface area contributed by atoms with Gasteiger partial charge in [0.15, 0.2) is 0 Å². The van der Waals surface area contributed by atoms with Crippen molar-refractivity contribution in [3.05, 3.63) is 65.9 Å². The summed E-state index contributed by atoms with van der Waals surface area (Å²) in [7, 11) is 0. The van der Waals surface area contributed by atoms with E-state index in [4.69, 9.17) is 0 Å². The van der Waals surface area contributed by atoms with Crippen molar-refractivity contribution in [2.45, 2.75) is 6.92 Å². The highest BCUT2D eigenvalue weighted by atomic mass is 16.2. The molecule has 6 heteroatoms. The lowest BCUT2D eigenvalue weighted by molar-refractivity contribution is -0.114. The maximum Gasteiger partial charge on any atom is 0.266 e. The Morgan fingerprint density at radius 2 is 1.76 bits per heavy atom. The van der Waals surface area contributed by atoms with E-state index >= 15 is 0 Å². The number of aromatic nitrogens is 1. The smallest absolute Gasteiger partial charge is 0.266 e. The van der Waals surface area contributed by atoms with Crippen molar-refractivity contribution in [1.29, 1.82) is 0 Å². The van der Waals surface area contributed by atoms with Gasteiger partial charge in [0.05, 0.1) is 22.3 Å². The molecule has 1 N–H and O–H groups in total. The van der Waals surface area contributed by atoms with Gasteiger partial charge in [0.2, 0.25) is 5.91 Å². The van der Waals surface area contributed by atoms with Crippen molar-refractivity contribution in [2.24, 2.45) is 0 Å². The first-order valence-corrected chi connectivity index (χ1v) is 7.70. The van der Waals surface area contributed by atoms with E-state index < -0.39 is 11.8 Å².